The van der Waals surface area contributed by atoms with Gasteiger partial charge < -0.3 is 14.2 Å². The summed E-state index contributed by atoms with van der Waals surface area (Å²) in [6.07, 6.45) is 5.33. The third kappa shape index (κ3) is 4.44. The van der Waals surface area contributed by atoms with E-state index in [4.69, 9.17) is 9.26 Å². The van der Waals surface area contributed by atoms with E-state index < -0.39 is 0 Å². The first-order valence-corrected chi connectivity index (χ1v) is 8.84. The molecular formula is C18H22N4O4. The van der Waals surface area contributed by atoms with Gasteiger partial charge in [0.1, 0.15) is 0 Å². The van der Waals surface area contributed by atoms with Crippen molar-refractivity contribution in [1.82, 2.24) is 20.0 Å². The van der Waals surface area contributed by atoms with Crippen LogP contribution in [0.25, 0.3) is 11.4 Å². The molecule has 1 aliphatic heterocycles. The molecule has 0 saturated carbocycles. The topological polar surface area (TPSA) is 98.4 Å². The smallest absolute Gasteiger partial charge is 0.309 e. The van der Waals surface area contributed by atoms with Gasteiger partial charge in [0.15, 0.2) is 0 Å². The number of rotatable bonds is 6. The number of aryl methyl sites for hydroxylation is 1. The fourth-order valence-corrected chi connectivity index (χ4v) is 2.97. The van der Waals surface area contributed by atoms with Gasteiger partial charge in [0.2, 0.25) is 17.6 Å². The molecule has 1 saturated heterocycles. The van der Waals surface area contributed by atoms with Crippen molar-refractivity contribution in [1.29, 1.82) is 0 Å². The Hall–Kier alpha value is -2.77. The van der Waals surface area contributed by atoms with Gasteiger partial charge in [-0.25, -0.2) is 0 Å². The van der Waals surface area contributed by atoms with E-state index in [1.165, 1.54) is 0 Å². The number of carbonyl (C=O) groups excluding carboxylic acids is 2. The molecule has 8 heteroatoms. The lowest BCUT2D eigenvalue weighted by atomic mass is 9.97. The highest BCUT2D eigenvalue weighted by Gasteiger charge is 2.28. The maximum absolute atomic E-state index is 12.4. The zero-order valence-corrected chi connectivity index (χ0v) is 14.8. The molecule has 2 aromatic rings. The van der Waals surface area contributed by atoms with E-state index >= 15 is 0 Å². The first kappa shape index (κ1) is 18.0. The molecule has 0 aromatic carbocycles. The number of amides is 1. The molecule has 26 heavy (non-hydrogen) atoms. The van der Waals surface area contributed by atoms with Gasteiger partial charge >= 0.3 is 5.97 Å². The van der Waals surface area contributed by atoms with Crippen LogP contribution >= 0.6 is 0 Å². The van der Waals surface area contributed by atoms with Crippen LogP contribution in [0.4, 0.5) is 0 Å². The maximum atomic E-state index is 12.4. The predicted octanol–water partition coefficient (Wildman–Crippen LogP) is 1.87. The average Bonchev–Trinajstić information content (AvgIpc) is 3.16. The Morgan fingerprint density at radius 1 is 1.27 bits per heavy atom. The monoisotopic (exact) mass is 358 g/mol. The minimum atomic E-state index is -0.158. The summed E-state index contributed by atoms with van der Waals surface area (Å²) >= 11 is 0. The summed E-state index contributed by atoms with van der Waals surface area (Å²) in [4.78, 5) is 34.2. The lowest BCUT2D eigenvalue weighted by Crippen LogP contribution is -2.40. The van der Waals surface area contributed by atoms with Gasteiger partial charge in [0.05, 0.1) is 12.5 Å². The Kier molecular flexibility index (Phi) is 5.93. The molecule has 0 atom stereocenters. The van der Waals surface area contributed by atoms with Gasteiger partial charge in [-0.2, -0.15) is 4.98 Å². The summed E-state index contributed by atoms with van der Waals surface area (Å²) in [6, 6.07) is 3.60. The predicted molar refractivity (Wildman–Crippen MR) is 91.8 cm³/mol. The summed E-state index contributed by atoms with van der Waals surface area (Å²) in [5.41, 5.74) is 0.822. The Balaban J connectivity index is 1.46. The molecule has 0 aliphatic carbocycles. The second-order valence-corrected chi connectivity index (χ2v) is 6.15. The van der Waals surface area contributed by atoms with Crippen molar-refractivity contribution in [2.75, 3.05) is 19.7 Å². The summed E-state index contributed by atoms with van der Waals surface area (Å²) in [6.45, 7) is 3.35. The van der Waals surface area contributed by atoms with E-state index in [1.54, 1.807) is 36.4 Å². The molecule has 0 bridgehead atoms. The largest absolute Gasteiger partial charge is 0.466 e. The molecule has 1 amide bonds. The van der Waals surface area contributed by atoms with Gasteiger partial charge in [-0.05, 0) is 31.9 Å². The van der Waals surface area contributed by atoms with Gasteiger partial charge in [-0.1, -0.05) is 5.16 Å². The second kappa shape index (κ2) is 8.55. The minimum Gasteiger partial charge on any atom is -0.466 e. The van der Waals surface area contributed by atoms with Crippen LogP contribution in [-0.4, -0.2) is 51.6 Å². The second-order valence-electron chi connectivity index (χ2n) is 6.15. The number of esters is 1. The Labute approximate surface area is 151 Å². The van der Waals surface area contributed by atoms with Crippen molar-refractivity contribution in [3.8, 4) is 11.4 Å². The molecule has 1 aliphatic rings. The van der Waals surface area contributed by atoms with Crippen LogP contribution in [-0.2, 0) is 20.7 Å². The third-order valence-corrected chi connectivity index (χ3v) is 4.43. The summed E-state index contributed by atoms with van der Waals surface area (Å²) < 4.78 is 10.3. The zero-order valence-electron chi connectivity index (χ0n) is 14.8. The number of likely N-dealkylation sites (tertiary alicyclic amines) is 1. The first-order valence-electron chi connectivity index (χ1n) is 8.84. The number of nitrogens with zero attached hydrogens (tertiary/aromatic N) is 4. The number of carbonyl (C=O) groups is 2. The van der Waals surface area contributed by atoms with E-state index in [0.29, 0.717) is 57.1 Å². The van der Waals surface area contributed by atoms with Crippen LogP contribution < -0.4 is 0 Å². The fourth-order valence-electron chi connectivity index (χ4n) is 2.97. The highest BCUT2D eigenvalue weighted by Crippen LogP contribution is 2.20. The number of hydrogen-bond donors (Lipinski definition) is 0. The van der Waals surface area contributed by atoms with Crippen molar-refractivity contribution in [2.45, 2.75) is 32.6 Å². The molecule has 8 nitrogen and oxygen atoms in total. The zero-order chi connectivity index (χ0) is 18.4. The number of pyridine rings is 1. The molecule has 0 spiro atoms. The first-order chi connectivity index (χ1) is 12.7. The van der Waals surface area contributed by atoms with Crippen LogP contribution in [0, 0.1) is 5.92 Å². The average molecular weight is 358 g/mol. The summed E-state index contributed by atoms with van der Waals surface area (Å²) in [5.74, 6) is 0.708. The van der Waals surface area contributed by atoms with Crippen molar-refractivity contribution in [3.63, 3.8) is 0 Å². The molecule has 2 aromatic heterocycles. The van der Waals surface area contributed by atoms with Gasteiger partial charge in [-0.3, -0.25) is 14.6 Å². The summed E-state index contributed by atoms with van der Waals surface area (Å²) in [5, 5.41) is 3.93. The van der Waals surface area contributed by atoms with Crippen molar-refractivity contribution in [3.05, 3.63) is 30.4 Å². The Morgan fingerprint density at radius 3 is 2.69 bits per heavy atom. The van der Waals surface area contributed by atoms with Crippen LogP contribution in [0.2, 0.25) is 0 Å². The lowest BCUT2D eigenvalue weighted by molar-refractivity contribution is -0.151. The van der Waals surface area contributed by atoms with Crippen LogP contribution in [0.3, 0.4) is 0 Å². The number of piperidine rings is 1. The standard InChI is InChI=1S/C18H22N4O4/c1-2-25-18(24)14-7-11-22(12-8-14)16(23)4-3-15-20-17(21-26-15)13-5-9-19-10-6-13/h5-6,9-10,14H,2-4,7-8,11-12H2,1H3. The maximum Gasteiger partial charge on any atom is 0.309 e. The molecule has 1 fully saturated rings. The number of ether oxygens (including phenoxy) is 1. The van der Waals surface area contributed by atoms with E-state index in [1.807, 2.05) is 0 Å². The fraction of sp³-hybridized carbons (Fsp3) is 0.500. The molecule has 0 N–H and O–H groups in total. The van der Waals surface area contributed by atoms with Gasteiger partial charge in [0.25, 0.3) is 0 Å². The van der Waals surface area contributed by atoms with Crippen molar-refractivity contribution < 1.29 is 18.8 Å². The van der Waals surface area contributed by atoms with Crippen LogP contribution in [0.1, 0.15) is 32.1 Å². The van der Waals surface area contributed by atoms with Gasteiger partial charge in [-0.15, -0.1) is 0 Å². The number of hydrogen-bond acceptors (Lipinski definition) is 7. The SMILES string of the molecule is CCOC(=O)C1CCN(C(=O)CCc2nc(-c3ccncc3)no2)CC1. The normalized spacial score (nSPS) is 15.0. The van der Waals surface area contributed by atoms with E-state index in [0.717, 1.165) is 5.56 Å². The molecule has 3 heterocycles. The molecule has 0 unspecified atom stereocenters. The Bertz CT molecular complexity index is 739. The van der Waals surface area contributed by atoms with E-state index in [9.17, 15) is 9.59 Å². The van der Waals surface area contributed by atoms with Crippen LogP contribution in [0.15, 0.2) is 29.0 Å². The lowest BCUT2D eigenvalue weighted by Gasteiger charge is -2.30. The molecule has 138 valence electrons. The van der Waals surface area contributed by atoms with Crippen LogP contribution in [0.5, 0.6) is 0 Å². The van der Waals surface area contributed by atoms with E-state index in [2.05, 4.69) is 15.1 Å². The molecule has 0 radical (unpaired) electrons. The number of aromatic nitrogens is 3. The quantitative estimate of drug-likeness (QED) is 0.727. The Morgan fingerprint density at radius 2 is 2.00 bits per heavy atom. The van der Waals surface area contributed by atoms with E-state index in [-0.39, 0.29) is 17.8 Å². The van der Waals surface area contributed by atoms with Gasteiger partial charge in [0, 0.05) is 43.9 Å². The minimum absolute atomic E-state index is 0.0379. The highest BCUT2D eigenvalue weighted by molar-refractivity contribution is 5.77. The third-order valence-electron chi connectivity index (χ3n) is 4.43. The summed E-state index contributed by atoms with van der Waals surface area (Å²) in [7, 11) is 0. The van der Waals surface area contributed by atoms with Crippen molar-refractivity contribution >= 4 is 11.9 Å². The molecular weight excluding hydrogens is 336 g/mol. The highest BCUT2D eigenvalue weighted by atomic mass is 16.5. The van der Waals surface area contributed by atoms with Crippen molar-refractivity contribution in [2.24, 2.45) is 5.92 Å². The molecule has 3 rings (SSSR count).